The number of aromatic nitrogens is 1. The van der Waals surface area contributed by atoms with E-state index in [1.165, 1.54) is 6.26 Å². The summed E-state index contributed by atoms with van der Waals surface area (Å²) in [6.07, 6.45) is 1.45. The van der Waals surface area contributed by atoms with E-state index in [1.807, 2.05) is 26.0 Å². The molecule has 0 radical (unpaired) electrons. The Bertz CT molecular complexity index is 925. The number of benzene rings is 1. The van der Waals surface area contributed by atoms with Crippen LogP contribution in [-0.4, -0.2) is 17.0 Å². The molecule has 2 heterocycles. The Morgan fingerprint density at radius 3 is 2.48 bits per heavy atom. The van der Waals surface area contributed by atoms with Gasteiger partial charge in [0.25, 0.3) is 11.8 Å². The standard InChI is InChI=1S/C20H21N3O4/c1-12(2)18-17(13(3)23-27-18)20(25)21-11-14-6-8-15(9-7-14)22-19(24)16-5-4-10-26-16/h4-10,12H,11H2,1-3H3,(H,21,25)(H,22,24). The number of nitrogens with zero attached hydrogens (tertiary/aromatic N) is 1. The Morgan fingerprint density at radius 1 is 1.11 bits per heavy atom. The van der Waals surface area contributed by atoms with E-state index in [-0.39, 0.29) is 23.5 Å². The summed E-state index contributed by atoms with van der Waals surface area (Å²) in [6, 6.07) is 10.5. The van der Waals surface area contributed by atoms with Crippen LogP contribution >= 0.6 is 0 Å². The number of anilines is 1. The fourth-order valence-corrected chi connectivity index (χ4v) is 2.63. The molecule has 0 aliphatic rings. The molecule has 0 atom stereocenters. The number of hydrogen-bond donors (Lipinski definition) is 2. The highest BCUT2D eigenvalue weighted by Crippen LogP contribution is 2.22. The van der Waals surface area contributed by atoms with E-state index in [9.17, 15) is 9.59 Å². The van der Waals surface area contributed by atoms with E-state index in [2.05, 4.69) is 15.8 Å². The summed E-state index contributed by atoms with van der Waals surface area (Å²) < 4.78 is 10.3. The highest BCUT2D eigenvalue weighted by molar-refractivity contribution is 6.02. The molecule has 0 unspecified atom stereocenters. The Kier molecular flexibility index (Phi) is 5.40. The average Bonchev–Trinajstić information content (AvgIpc) is 3.30. The van der Waals surface area contributed by atoms with Gasteiger partial charge in [-0.3, -0.25) is 9.59 Å². The van der Waals surface area contributed by atoms with Crippen LogP contribution in [0.4, 0.5) is 5.69 Å². The first kappa shape index (κ1) is 18.4. The van der Waals surface area contributed by atoms with E-state index in [1.54, 1.807) is 31.2 Å². The maximum absolute atomic E-state index is 12.5. The zero-order valence-electron chi connectivity index (χ0n) is 15.4. The first-order chi connectivity index (χ1) is 13.0. The third-order valence-corrected chi connectivity index (χ3v) is 4.05. The van der Waals surface area contributed by atoms with Gasteiger partial charge < -0.3 is 19.6 Å². The smallest absolute Gasteiger partial charge is 0.291 e. The van der Waals surface area contributed by atoms with Gasteiger partial charge in [0.15, 0.2) is 11.5 Å². The van der Waals surface area contributed by atoms with Crippen molar-refractivity contribution in [2.24, 2.45) is 0 Å². The molecule has 1 aromatic carbocycles. The van der Waals surface area contributed by atoms with Gasteiger partial charge in [0.2, 0.25) is 0 Å². The molecule has 0 aliphatic heterocycles. The fraction of sp³-hybridized carbons (Fsp3) is 0.250. The molecule has 2 amide bonds. The molecule has 2 aromatic heterocycles. The van der Waals surface area contributed by atoms with Crippen molar-refractivity contribution in [1.82, 2.24) is 10.5 Å². The molecule has 2 N–H and O–H groups in total. The maximum atomic E-state index is 12.5. The van der Waals surface area contributed by atoms with Crippen molar-refractivity contribution in [3.8, 4) is 0 Å². The zero-order chi connectivity index (χ0) is 19.4. The fourth-order valence-electron chi connectivity index (χ4n) is 2.63. The second-order valence-corrected chi connectivity index (χ2v) is 6.47. The summed E-state index contributed by atoms with van der Waals surface area (Å²) in [7, 11) is 0. The van der Waals surface area contributed by atoms with Crippen LogP contribution in [0.15, 0.2) is 51.6 Å². The molecular formula is C20H21N3O4. The van der Waals surface area contributed by atoms with Crippen LogP contribution in [-0.2, 0) is 6.54 Å². The van der Waals surface area contributed by atoms with E-state index >= 15 is 0 Å². The normalized spacial score (nSPS) is 10.8. The number of hydrogen-bond acceptors (Lipinski definition) is 5. The Morgan fingerprint density at radius 2 is 1.85 bits per heavy atom. The quantitative estimate of drug-likeness (QED) is 0.689. The Balaban J connectivity index is 1.60. The van der Waals surface area contributed by atoms with Gasteiger partial charge >= 0.3 is 0 Å². The molecule has 3 aromatic rings. The minimum absolute atomic E-state index is 0.0732. The van der Waals surface area contributed by atoms with Gasteiger partial charge in [-0.2, -0.15) is 0 Å². The van der Waals surface area contributed by atoms with Crippen molar-refractivity contribution in [2.75, 3.05) is 5.32 Å². The molecule has 0 saturated heterocycles. The first-order valence-electron chi connectivity index (χ1n) is 8.64. The van der Waals surface area contributed by atoms with E-state index in [0.29, 0.717) is 29.2 Å². The Hall–Kier alpha value is -3.35. The lowest BCUT2D eigenvalue weighted by Gasteiger charge is -2.08. The summed E-state index contributed by atoms with van der Waals surface area (Å²) in [4.78, 5) is 24.4. The zero-order valence-corrected chi connectivity index (χ0v) is 15.4. The van der Waals surface area contributed by atoms with Crippen molar-refractivity contribution in [3.63, 3.8) is 0 Å². The van der Waals surface area contributed by atoms with Gasteiger partial charge in [0.1, 0.15) is 5.56 Å². The molecule has 27 heavy (non-hydrogen) atoms. The van der Waals surface area contributed by atoms with Crippen LogP contribution in [0.2, 0.25) is 0 Å². The number of aryl methyl sites for hydroxylation is 1. The number of nitrogens with one attached hydrogen (secondary N) is 2. The lowest BCUT2D eigenvalue weighted by atomic mass is 10.0. The molecular weight excluding hydrogens is 346 g/mol. The third kappa shape index (κ3) is 4.25. The lowest BCUT2D eigenvalue weighted by Crippen LogP contribution is -2.24. The molecule has 0 aliphatic carbocycles. The second kappa shape index (κ2) is 7.90. The van der Waals surface area contributed by atoms with Gasteiger partial charge in [-0.1, -0.05) is 31.1 Å². The largest absolute Gasteiger partial charge is 0.459 e. The van der Waals surface area contributed by atoms with Gasteiger partial charge in [0.05, 0.1) is 12.0 Å². The SMILES string of the molecule is Cc1noc(C(C)C)c1C(=O)NCc1ccc(NC(=O)c2ccco2)cc1. The van der Waals surface area contributed by atoms with Crippen LogP contribution in [0.5, 0.6) is 0 Å². The maximum Gasteiger partial charge on any atom is 0.291 e. The van der Waals surface area contributed by atoms with Crippen LogP contribution < -0.4 is 10.6 Å². The summed E-state index contributed by atoms with van der Waals surface area (Å²) in [6.45, 7) is 6.01. The van der Waals surface area contributed by atoms with Crippen LogP contribution in [0, 0.1) is 6.92 Å². The monoisotopic (exact) mass is 367 g/mol. The number of furan rings is 1. The predicted molar refractivity (Wildman–Crippen MR) is 99.6 cm³/mol. The number of rotatable bonds is 6. The first-order valence-corrected chi connectivity index (χ1v) is 8.64. The van der Waals surface area contributed by atoms with Crippen LogP contribution in [0.1, 0.15) is 57.7 Å². The van der Waals surface area contributed by atoms with Crippen molar-refractivity contribution < 1.29 is 18.5 Å². The summed E-state index contributed by atoms with van der Waals surface area (Å²) in [5, 5.41) is 9.51. The molecule has 0 spiro atoms. The number of carbonyl (C=O) groups is 2. The number of carbonyl (C=O) groups excluding carboxylic acids is 2. The van der Waals surface area contributed by atoms with Crippen molar-refractivity contribution in [3.05, 3.63) is 71.0 Å². The molecule has 0 saturated carbocycles. The molecule has 0 fully saturated rings. The molecule has 7 heteroatoms. The van der Waals surface area contributed by atoms with Gasteiger partial charge in [-0.25, -0.2) is 0 Å². The van der Waals surface area contributed by atoms with Gasteiger partial charge in [0, 0.05) is 18.2 Å². The minimum Gasteiger partial charge on any atom is -0.459 e. The second-order valence-electron chi connectivity index (χ2n) is 6.47. The summed E-state index contributed by atoms with van der Waals surface area (Å²) in [5.41, 5.74) is 2.61. The van der Waals surface area contributed by atoms with Crippen molar-refractivity contribution in [1.29, 1.82) is 0 Å². The molecule has 7 nitrogen and oxygen atoms in total. The van der Waals surface area contributed by atoms with E-state index in [0.717, 1.165) is 5.56 Å². The molecule has 3 rings (SSSR count). The Labute approximate surface area is 156 Å². The molecule has 140 valence electrons. The third-order valence-electron chi connectivity index (χ3n) is 4.05. The highest BCUT2D eigenvalue weighted by Gasteiger charge is 2.22. The summed E-state index contributed by atoms with van der Waals surface area (Å²) >= 11 is 0. The van der Waals surface area contributed by atoms with E-state index < -0.39 is 0 Å². The average molecular weight is 367 g/mol. The van der Waals surface area contributed by atoms with Crippen molar-refractivity contribution >= 4 is 17.5 Å². The van der Waals surface area contributed by atoms with Gasteiger partial charge in [-0.15, -0.1) is 0 Å². The predicted octanol–water partition coefficient (Wildman–Crippen LogP) is 3.88. The van der Waals surface area contributed by atoms with Crippen LogP contribution in [0.3, 0.4) is 0 Å². The van der Waals surface area contributed by atoms with Crippen LogP contribution in [0.25, 0.3) is 0 Å². The van der Waals surface area contributed by atoms with Crippen molar-refractivity contribution in [2.45, 2.75) is 33.2 Å². The van der Waals surface area contributed by atoms with Gasteiger partial charge in [-0.05, 0) is 36.8 Å². The summed E-state index contributed by atoms with van der Waals surface area (Å²) in [5.74, 6) is 0.374. The number of amides is 2. The molecule has 0 bridgehead atoms. The lowest BCUT2D eigenvalue weighted by molar-refractivity contribution is 0.0946. The topological polar surface area (TPSA) is 97.4 Å². The minimum atomic E-state index is -0.315. The highest BCUT2D eigenvalue weighted by atomic mass is 16.5. The van der Waals surface area contributed by atoms with E-state index in [4.69, 9.17) is 8.94 Å².